The Labute approximate surface area is 153 Å². The molecule has 0 radical (unpaired) electrons. The molecule has 2 heterocycles. The maximum absolute atomic E-state index is 12.2. The van der Waals surface area contributed by atoms with E-state index in [0.29, 0.717) is 13.2 Å². The Balaban J connectivity index is 0.00000144. The minimum atomic E-state index is -0.447. The van der Waals surface area contributed by atoms with Crippen LogP contribution in [0.2, 0.25) is 0 Å². The van der Waals surface area contributed by atoms with Crippen molar-refractivity contribution < 1.29 is 9.53 Å². The molecule has 2 aromatic rings. The Morgan fingerprint density at radius 1 is 1.46 bits per heavy atom. The summed E-state index contributed by atoms with van der Waals surface area (Å²) in [5.74, 6) is 0.649. The van der Waals surface area contributed by atoms with E-state index in [1.807, 2.05) is 35.8 Å². The van der Waals surface area contributed by atoms with Gasteiger partial charge < -0.3 is 19.9 Å². The van der Waals surface area contributed by atoms with Gasteiger partial charge in [-0.2, -0.15) is 0 Å². The van der Waals surface area contributed by atoms with Crippen molar-refractivity contribution in [3.05, 3.63) is 30.6 Å². The Hall–Kier alpha value is -1.67. The van der Waals surface area contributed by atoms with Crippen molar-refractivity contribution in [2.45, 2.75) is 19.6 Å². The van der Waals surface area contributed by atoms with Crippen LogP contribution in [0, 0.1) is 0 Å². The maximum Gasteiger partial charge on any atom is 0.254 e. The second kappa shape index (κ2) is 9.58. The molecule has 24 heavy (non-hydrogen) atoms. The number of ether oxygens (including phenoxy) is 1. The summed E-state index contributed by atoms with van der Waals surface area (Å²) in [4.78, 5) is 12.2. The molecule has 1 aliphatic heterocycles. The molecule has 132 valence electrons. The van der Waals surface area contributed by atoms with Gasteiger partial charge in [0, 0.05) is 30.9 Å². The first-order valence-corrected chi connectivity index (χ1v) is 7.39. The van der Waals surface area contributed by atoms with Crippen molar-refractivity contribution in [3.63, 3.8) is 0 Å². The number of anilines is 1. The van der Waals surface area contributed by atoms with E-state index < -0.39 is 6.10 Å². The highest BCUT2D eigenvalue weighted by Gasteiger charge is 2.21. The number of morpholine rings is 1. The van der Waals surface area contributed by atoms with E-state index >= 15 is 0 Å². The minimum Gasteiger partial charge on any atom is -0.366 e. The number of carbonyl (C=O) groups is 1. The topological polar surface area (TPSA) is 81.1 Å². The Bertz CT molecular complexity index is 659. The minimum absolute atomic E-state index is 0. The first-order valence-electron chi connectivity index (χ1n) is 7.39. The van der Waals surface area contributed by atoms with E-state index in [0.717, 1.165) is 30.2 Å². The number of nitrogens with one attached hydrogen (secondary N) is 2. The fourth-order valence-corrected chi connectivity index (χ4v) is 2.40. The quantitative estimate of drug-likeness (QED) is 0.852. The van der Waals surface area contributed by atoms with Crippen LogP contribution < -0.4 is 10.6 Å². The average molecular weight is 374 g/mol. The summed E-state index contributed by atoms with van der Waals surface area (Å²) in [6, 6.07) is 7.58. The third-order valence-electron chi connectivity index (χ3n) is 3.56. The van der Waals surface area contributed by atoms with Gasteiger partial charge in [0.05, 0.1) is 6.61 Å². The van der Waals surface area contributed by atoms with E-state index in [4.69, 9.17) is 4.74 Å². The number of aromatic nitrogens is 3. The van der Waals surface area contributed by atoms with Crippen LogP contribution in [0.4, 0.5) is 5.69 Å². The van der Waals surface area contributed by atoms with Crippen LogP contribution in [0.15, 0.2) is 30.6 Å². The zero-order chi connectivity index (χ0) is 15.4. The van der Waals surface area contributed by atoms with Crippen molar-refractivity contribution in [3.8, 4) is 11.4 Å². The third-order valence-corrected chi connectivity index (χ3v) is 3.56. The summed E-state index contributed by atoms with van der Waals surface area (Å²) in [6.45, 7) is 4.70. The molecule has 1 saturated heterocycles. The van der Waals surface area contributed by atoms with E-state index in [2.05, 4.69) is 20.8 Å². The van der Waals surface area contributed by atoms with Gasteiger partial charge >= 0.3 is 0 Å². The van der Waals surface area contributed by atoms with Gasteiger partial charge in [-0.25, -0.2) is 0 Å². The lowest BCUT2D eigenvalue weighted by atomic mass is 10.1. The standard InChI is InChI=1S/C15H19N5O2.2ClH/c1-2-20-10-17-19-14(20)11-4-3-5-12(8-11)18-15(21)13-9-16-6-7-22-13;;/h3-5,8,10,13,16H,2,6-7,9H2,1H3,(H,18,21);2*1H. The van der Waals surface area contributed by atoms with Gasteiger partial charge in [0.2, 0.25) is 0 Å². The monoisotopic (exact) mass is 373 g/mol. The second-order valence-corrected chi connectivity index (χ2v) is 5.07. The molecule has 0 spiro atoms. The molecular weight excluding hydrogens is 353 g/mol. The fraction of sp³-hybridized carbons (Fsp3) is 0.400. The molecule has 1 atom stereocenters. The summed E-state index contributed by atoms with van der Waals surface area (Å²) in [5.41, 5.74) is 1.64. The van der Waals surface area contributed by atoms with E-state index in [9.17, 15) is 4.79 Å². The van der Waals surface area contributed by atoms with Gasteiger partial charge in [0.25, 0.3) is 5.91 Å². The van der Waals surface area contributed by atoms with Gasteiger partial charge in [-0.05, 0) is 19.1 Å². The molecule has 2 N–H and O–H groups in total. The van der Waals surface area contributed by atoms with Crippen LogP contribution >= 0.6 is 24.8 Å². The summed E-state index contributed by atoms with van der Waals surface area (Å²) in [5, 5.41) is 14.1. The molecule has 0 aliphatic carbocycles. The number of nitrogens with zero attached hydrogens (tertiary/aromatic N) is 3. The van der Waals surface area contributed by atoms with Gasteiger partial charge in [-0.1, -0.05) is 12.1 Å². The number of hydrogen-bond acceptors (Lipinski definition) is 5. The summed E-state index contributed by atoms with van der Waals surface area (Å²) in [7, 11) is 0. The molecular formula is C15H21Cl2N5O2. The SMILES string of the molecule is CCn1cnnc1-c1cccc(NC(=O)C2CNCCO2)c1.Cl.Cl. The predicted molar refractivity (Wildman–Crippen MR) is 96.9 cm³/mol. The number of carbonyl (C=O) groups excluding carboxylic acids is 1. The van der Waals surface area contributed by atoms with E-state index in [-0.39, 0.29) is 30.7 Å². The lowest BCUT2D eigenvalue weighted by Crippen LogP contribution is -2.45. The molecule has 1 aromatic carbocycles. The van der Waals surface area contributed by atoms with Crippen molar-refractivity contribution in [1.29, 1.82) is 0 Å². The van der Waals surface area contributed by atoms with Gasteiger partial charge in [0.15, 0.2) is 5.82 Å². The Morgan fingerprint density at radius 3 is 3.00 bits per heavy atom. The van der Waals surface area contributed by atoms with Crippen LogP contribution in [0.1, 0.15) is 6.92 Å². The van der Waals surface area contributed by atoms with Gasteiger partial charge in [0.1, 0.15) is 12.4 Å². The molecule has 7 nitrogen and oxygen atoms in total. The molecule has 0 saturated carbocycles. The number of rotatable bonds is 4. The molecule has 1 unspecified atom stereocenters. The number of benzene rings is 1. The average Bonchev–Trinajstić information content (AvgIpc) is 3.04. The largest absolute Gasteiger partial charge is 0.366 e. The second-order valence-electron chi connectivity index (χ2n) is 5.07. The molecule has 1 aliphatic rings. The highest BCUT2D eigenvalue weighted by Crippen LogP contribution is 2.21. The number of halogens is 2. The first kappa shape index (κ1) is 20.4. The van der Waals surface area contributed by atoms with Crippen molar-refractivity contribution >= 4 is 36.4 Å². The number of hydrogen-bond donors (Lipinski definition) is 2. The van der Waals surface area contributed by atoms with Gasteiger partial charge in [-0.3, -0.25) is 4.79 Å². The highest BCUT2D eigenvalue weighted by molar-refractivity contribution is 5.94. The lowest BCUT2D eigenvalue weighted by molar-refractivity contribution is -0.128. The lowest BCUT2D eigenvalue weighted by Gasteiger charge is -2.22. The summed E-state index contributed by atoms with van der Waals surface area (Å²) >= 11 is 0. The zero-order valence-corrected chi connectivity index (χ0v) is 14.9. The predicted octanol–water partition coefficient (Wildman–Crippen LogP) is 1.74. The van der Waals surface area contributed by atoms with Crippen LogP contribution in [-0.4, -0.2) is 46.5 Å². The summed E-state index contributed by atoms with van der Waals surface area (Å²) < 4.78 is 7.40. The maximum atomic E-state index is 12.2. The van der Waals surface area contributed by atoms with Crippen LogP contribution in [0.25, 0.3) is 11.4 Å². The van der Waals surface area contributed by atoms with Crippen molar-refractivity contribution in [1.82, 2.24) is 20.1 Å². The fourth-order valence-electron chi connectivity index (χ4n) is 2.40. The molecule has 1 aromatic heterocycles. The van der Waals surface area contributed by atoms with Crippen LogP contribution in [0.3, 0.4) is 0 Å². The molecule has 1 fully saturated rings. The normalized spacial score (nSPS) is 16.6. The Kier molecular flexibility index (Phi) is 8.14. The smallest absolute Gasteiger partial charge is 0.254 e. The Morgan fingerprint density at radius 2 is 2.29 bits per heavy atom. The van der Waals surface area contributed by atoms with Crippen LogP contribution in [0.5, 0.6) is 0 Å². The highest BCUT2D eigenvalue weighted by atomic mass is 35.5. The number of aryl methyl sites for hydroxylation is 1. The van der Waals surface area contributed by atoms with Crippen molar-refractivity contribution in [2.75, 3.05) is 25.0 Å². The molecule has 1 amide bonds. The first-order chi connectivity index (χ1) is 10.8. The summed E-state index contributed by atoms with van der Waals surface area (Å²) in [6.07, 6.45) is 1.25. The molecule has 9 heteroatoms. The van der Waals surface area contributed by atoms with Crippen LogP contribution in [-0.2, 0) is 16.1 Å². The van der Waals surface area contributed by atoms with E-state index in [1.165, 1.54) is 0 Å². The number of amides is 1. The molecule has 0 bridgehead atoms. The van der Waals surface area contributed by atoms with Gasteiger partial charge in [-0.15, -0.1) is 35.0 Å². The van der Waals surface area contributed by atoms with E-state index in [1.54, 1.807) is 6.33 Å². The van der Waals surface area contributed by atoms with Crippen molar-refractivity contribution in [2.24, 2.45) is 0 Å². The molecule has 3 rings (SSSR count). The zero-order valence-electron chi connectivity index (χ0n) is 13.3. The third kappa shape index (κ3) is 4.67.